The predicted octanol–water partition coefficient (Wildman–Crippen LogP) is 3.06. The molecule has 0 aliphatic carbocycles. The SMILES string of the molecule is CCN(CC1CCCO1)CC(NC)c1cc(C)ccc1C. The third-order valence-corrected chi connectivity index (χ3v) is 4.53. The Hall–Kier alpha value is -0.900. The molecule has 0 spiro atoms. The monoisotopic (exact) mass is 290 g/mol. The van der Waals surface area contributed by atoms with Crippen molar-refractivity contribution >= 4 is 0 Å². The van der Waals surface area contributed by atoms with Gasteiger partial charge in [0.15, 0.2) is 0 Å². The zero-order valence-corrected chi connectivity index (χ0v) is 14.0. The Labute approximate surface area is 129 Å². The predicted molar refractivity (Wildman–Crippen MR) is 88.8 cm³/mol. The Morgan fingerprint density at radius 2 is 2.19 bits per heavy atom. The fourth-order valence-corrected chi connectivity index (χ4v) is 3.15. The van der Waals surface area contributed by atoms with Crippen LogP contribution in [0.15, 0.2) is 18.2 Å². The fraction of sp³-hybridized carbons (Fsp3) is 0.667. The van der Waals surface area contributed by atoms with Crippen LogP contribution in [0.2, 0.25) is 0 Å². The van der Waals surface area contributed by atoms with E-state index in [1.54, 1.807) is 0 Å². The van der Waals surface area contributed by atoms with Crippen molar-refractivity contribution in [2.45, 2.75) is 45.8 Å². The first-order chi connectivity index (χ1) is 10.1. The van der Waals surface area contributed by atoms with Crippen molar-refractivity contribution in [2.24, 2.45) is 0 Å². The number of benzene rings is 1. The zero-order valence-electron chi connectivity index (χ0n) is 14.0. The molecule has 1 heterocycles. The van der Waals surface area contributed by atoms with Gasteiger partial charge in [0.25, 0.3) is 0 Å². The smallest absolute Gasteiger partial charge is 0.0702 e. The lowest BCUT2D eigenvalue weighted by molar-refractivity contribution is 0.0718. The van der Waals surface area contributed by atoms with Gasteiger partial charge in [-0.1, -0.05) is 30.7 Å². The van der Waals surface area contributed by atoms with Crippen molar-refractivity contribution in [3.05, 3.63) is 34.9 Å². The van der Waals surface area contributed by atoms with E-state index in [0.717, 1.165) is 26.2 Å². The van der Waals surface area contributed by atoms with Gasteiger partial charge in [-0.15, -0.1) is 0 Å². The highest BCUT2D eigenvalue weighted by atomic mass is 16.5. The second kappa shape index (κ2) is 7.92. The summed E-state index contributed by atoms with van der Waals surface area (Å²) in [6.45, 7) is 10.7. The molecule has 1 aliphatic heterocycles. The quantitative estimate of drug-likeness (QED) is 0.835. The molecule has 0 bridgehead atoms. The summed E-state index contributed by atoms with van der Waals surface area (Å²) in [5.74, 6) is 0. The van der Waals surface area contributed by atoms with Crippen molar-refractivity contribution in [1.82, 2.24) is 10.2 Å². The van der Waals surface area contributed by atoms with Crippen molar-refractivity contribution in [3.63, 3.8) is 0 Å². The molecule has 2 atom stereocenters. The number of hydrogen-bond acceptors (Lipinski definition) is 3. The standard InChI is InChI=1S/C18H30N2O/c1-5-20(12-16-7-6-10-21-16)13-18(19-4)17-11-14(2)8-9-15(17)3/h8-9,11,16,18-19H,5-7,10,12-13H2,1-4H3. The van der Waals surface area contributed by atoms with Gasteiger partial charge in [0.1, 0.15) is 0 Å². The average Bonchev–Trinajstić information content (AvgIpc) is 2.99. The molecule has 1 saturated heterocycles. The van der Waals surface area contributed by atoms with Gasteiger partial charge in [-0.25, -0.2) is 0 Å². The number of rotatable bonds is 7. The maximum Gasteiger partial charge on any atom is 0.0702 e. The molecule has 118 valence electrons. The highest BCUT2D eigenvalue weighted by Crippen LogP contribution is 2.21. The van der Waals surface area contributed by atoms with Gasteiger partial charge in [0, 0.05) is 25.7 Å². The lowest BCUT2D eigenvalue weighted by Gasteiger charge is -2.29. The summed E-state index contributed by atoms with van der Waals surface area (Å²) in [7, 11) is 2.06. The van der Waals surface area contributed by atoms with E-state index in [4.69, 9.17) is 4.74 Å². The van der Waals surface area contributed by atoms with Crippen LogP contribution in [-0.2, 0) is 4.74 Å². The number of ether oxygens (including phenoxy) is 1. The van der Waals surface area contributed by atoms with E-state index < -0.39 is 0 Å². The molecule has 0 saturated carbocycles. The first-order valence-corrected chi connectivity index (χ1v) is 8.22. The molecule has 0 aromatic heterocycles. The van der Waals surface area contributed by atoms with Gasteiger partial charge in [0.05, 0.1) is 6.10 Å². The van der Waals surface area contributed by atoms with Crippen molar-refractivity contribution < 1.29 is 4.74 Å². The molecule has 2 rings (SSSR count). The number of likely N-dealkylation sites (N-methyl/N-ethyl adjacent to an activating group) is 2. The minimum atomic E-state index is 0.381. The van der Waals surface area contributed by atoms with Gasteiger partial charge in [-0.05, 0) is 51.4 Å². The highest BCUT2D eigenvalue weighted by Gasteiger charge is 2.21. The van der Waals surface area contributed by atoms with Crippen LogP contribution in [-0.4, -0.2) is 44.3 Å². The Bertz CT molecular complexity index is 441. The average molecular weight is 290 g/mol. The molecular weight excluding hydrogens is 260 g/mol. The van der Waals surface area contributed by atoms with Crippen LogP contribution in [0.5, 0.6) is 0 Å². The zero-order chi connectivity index (χ0) is 15.2. The van der Waals surface area contributed by atoms with Crippen LogP contribution in [0, 0.1) is 13.8 Å². The molecule has 1 fully saturated rings. The van der Waals surface area contributed by atoms with Crippen LogP contribution < -0.4 is 5.32 Å². The van der Waals surface area contributed by atoms with Gasteiger partial charge in [0.2, 0.25) is 0 Å². The van der Waals surface area contributed by atoms with Gasteiger partial charge >= 0.3 is 0 Å². The van der Waals surface area contributed by atoms with Crippen molar-refractivity contribution in [3.8, 4) is 0 Å². The van der Waals surface area contributed by atoms with E-state index in [2.05, 4.69) is 56.2 Å². The summed E-state index contributed by atoms with van der Waals surface area (Å²) in [6.07, 6.45) is 2.86. The minimum absolute atomic E-state index is 0.381. The van der Waals surface area contributed by atoms with Crippen LogP contribution in [0.1, 0.15) is 42.5 Å². The second-order valence-electron chi connectivity index (χ2n) is 6.19. The Balaban J connectivity index is 2.03. The molecule has 1 N–H and O–H groups in total. The summed E-state index contributed by atoms with van der Waals surface area (Å²) >= 11 is 0. The molecule has 1 aromatic carbocycles. The van der Waals surface area contributed by atoms with E-state index >= 15 is 0 Å². The van der Waals surface area contributed by atoms with Gasteiger partial charge < -0.3 is 10.1 Å². The second-order valence-corrected chi connectivity index (χ2v) is 6.19. The number of nitrogens with zero attached hydrogens (tertiary/aromatic N) is 1. The van der Waals surface area contributed by atoms with E-state index in [-0.39, 0.29) is 0 Å². The molecule has 0 radical (unpaired) electrons. The van der Waals surface area contributed by atoms with E-state index in [0.29, 0.717) is 12.1 Å². The first-order valence-electron chi connectivity index (χ1n) is 8.22. The number of aryl methyl sites for hydroxylation is 2. The normalized spacial score (nSPS) is 20.1. The van der Waals surface area contributed by atoms with Crippen LogP contribution in [0.4, 0.5) is 0 Å². The van der Waals surface area contributed by atoms with Gasteiger partial charge in [-0.2, -0.15) is 0 Å². The van der Waals surface area contributed by atoms with E-state index in [9.17, 15) is 0 Å². The summed E-state index contributed by atoms with van der Waals surface area (Å²) in [5, 5.41) is 3.49. The summed E-state index contributed by atoms with van der Waals surface area (Å²) in [6, 6.07) is 7.11. The summed E-state index contributed by atoms with van der Waals surface area (Å²) < 4.78 is 5.79. The number of nitrogens with one attached hydrogen (secondary N) is 1. The topological polar surface area (TPSA) is 24.5 Å². The largest absolute Gasteiger partial charge is 0.377 e. The van der Waals surface area contributed by atoms with Gasteiger partial charge in [-0.3, -0.25) is 4.90 Å². The summed E-state index contributed by atoms with van der Waals surface area (Å²) in [4.78, 5) is 2.51. The molecule has 0 amide bonds. The lowest BCUT2D eigenvalue weighted by atomic mass is 9.98. The molecule has 3 nitrogen and oxygen atoms in total. The van der Waals surface area contributed by atoms with Crippen LogP contribution in [0.3, 0.4) is 0 Å². The Kier molecular flexibility index (Phi) is 6.22. The Morgan fingerprint density at radius 1 is 1.38 bits per heavy atom. The van der Waals surface area contributed by atoms with Crippen molar-refractivity contribution in [1.29, 1.82) is 0 Å². The molecular formula is C18H30N2O. The maximum absolute atomic E-state index is 5.79. The van der Waals surface area contributed by atoms with Crippen molar-refractivity contribution in [2.75, 3.05) is 33.3 Å². The molecule has 2 unspecified atom stereocenters. The number of hydrogen-bond donors (Lipinski definition) is 1. The van der Waals surface area contributed by atoms with E-state index in [1.807, 2.05) is 0 Å². The fourth-order valence-electron chi connectivity index (χ4n) is 3.15. The Morgan fingerprint density at radius 3 is 2.81 bits per heavy atom. The van der Waals surface area contributed by atoms with Crippen LogP contribution >= 0.6 is 0 Å². The molecule has 1 aliphatic rings. The third-order valence-electron chi connectivity index (χ3n) is 4.53. The van der Waals surface area contributed by atoms with E-state index in [1.165, 1.54) is 29.5 Å². The lowest BCUT2D eigenvalue weighted by Crippen LogP contribution is -2.38. The van der Waals surface area contributed by atoms with Crippen LogP contribution in [0.25, 0.3) is 0 Å². The molecule has 21 heavy (non-hydrogen) atoms. The maximum atomic E-state index is 5.79. The summed E-state index contributed by atoms with van der Waals surface area (Å²) in [5.41, 5.74) is 4.12. The molecule has 1 aromatic rings. The molecule has 3 heteroatoms. The highest BCUT2D eigenvalue weighted by molar-refractivity contribution is 5.33. The minimum Gasteiger partial charge on any atom is -0.377 e. The first kappa shape index (κ1) is 16.5. The third kappa shape index (κ3) is 4.53.